The predicted octanol–water partition coefficient (Wildman–Crippen LogP) is 2.74. The van der Waals surface area contributed by atoms with Crippen LogP contribution >= 0.6 is 11.3 Å². The van der Waals surface area contributed by atoms with Gasteiger partial charge in [-0.25, -0.2) is 9.59 Å². The fraction of sp³-hybridized carbons (Fsp3) is 0.538. The van der Waals surface area contributed by atoms with Gasteiger partial charge in [0.05, 0.1) is 6.54 Å². The highest BCUT2D eigenvalue weighted by Crippen LogP contribution is 2.29. The second kappa shape index (κ2) is 4.85. The number of nitrogens with zero attached hydrogens (tertiary/aromatic N) is 1. The van der Waals surface area contributed by atoms with E-state index in [1.807, 2.05) is 26.2 Å². The molecule has 0 aliphatic carbocycles. The third-order valence-electron chi connectivity index (χ3n) is 2.82. The maximum absolute atomic E-state index is 12.0. The number of hydrogen-bond acceptors (Lipinski definition) is 4. The van der Waals surface area contributed by atoms with Crippen LogP contribution in [0.4, 0.5) is 4.79 Å². The van der Waals surface area contributed by atoms with Crippen molar-refractivity contribution < 1.29 is 19.4 Å². The molecule has 0 unspecified atom stereocenters. The van der Waals surface area contributed by atoms with Gasteiger partial charge in [0.1, 0.15) is 10.5 Å². The normalized spacial score (nSPS) is 15.0. The van der Waals surface area contributed by atoms with Crippen LogP contribution in [0.1, 0.15) is 41.6 Å². The molecule has 6 heteroatoms. The Morgan fingerprint density at radius 1 is 1.42 bits per heavy atom. The number of carbonyl (C=O) groups is 2. The zero-order valence-corrected chi connectivity index (χ0v) is 12.0. The molecule has 0 aromatic carbocycles. The van der Waals surface area contributed by atoms with Gasteiger partial charge >= 0.3 is 12.1 Å². The van der Waals surface area contributed by atoms with Crippen LogP contribution in [-0.4, -0.2) is 34.2 Å². The minimum atomic E-state index is -0.892. The summed E-state index contributed by atoms with van der Waals surface area (Å²) in [6.45, 7) is 6.40. The largest absolute Gasteiger partial charge is 0.477 e. The molecule has 0 spiro atoms. The van der Waals surface area contributed by atoms with E-state index in [0.29, 0.717) is 24.4 Å². The zero-order chi connectivity index (χ0) is 14.2. The number of rotatable bonds is 1. The molecule has 1 aliphatic heterocycles. The maximum Gasteiger partial charge on any atom is 0.410 e. The van der Waals surface area contributed by atoms with Crippen LogP contribution in [0.3, 0.4) is 0 Å². The van der Waals surface area contributed by atoms with Gasteiger partial charge in [-0.3, -0.25) is 0 Å². The summed E-state index contributed by atoms with van der Waals surface area (Å²) >= 11 is 1.22. The number of carbonyl (C=O) groups excluding carboxylic acids is 1. The summed E-state index contributed by atoms with van der Waals surface area (Å²) in [5.74, 6) is -0.892. The number of thiophene rings is 1. The van der Waals surface area contributed by atoms with Gasteiger partial charge in [-0.15, -0.1) is 11.3 Å². The van der Waals surface area contributed by atoms with E-state index < -0.39 is 11.6 Å². The standard InChI is InChI=1S/C13H17NO4S/c1-13(2,3)18-12(17)14-5-4-9-8(6-14)7-19-10(9)11(15)16/h7H,4-6H2,1-3H3,(H,15,16). The van der Waals surface area contributed by atoms with E-state index in [1.165, 1.54) is 11.3 Å². The minimum absolute atomic E-state index is 0.346. The summed E-state index contributed by atoms with van der Waals surface area (Å²) in [4.78, 5) is 25.0. The molecule has 1 N–H and O–H groups in total. The van der Waals surface area contributed by atoms with Crippen LogP contribution in [0, 0.1) is 0 Å². The summed E-state index contributed by atoms with van der Waals surface area (Å²) in [5, 5.41) is 10.9. The second-order valence-corrected chi connectivity index (χ2v) is 6.41. The number of hydrogen-bond donors (Lipinski definition) is 1. The van der Waals surface area contributed by atoms with Crippen molar-refractivity contribution in [1.82, 2.24) is 4.90 Å². The van der Waals surface area contributed by atoms with E-state index in [2.05, 4.69) is 0 Å². The molecule has 0 saturated carbocycles. The third-order valence-corrected chi connectivity index (χ3v) is 3.88. The summed E-state index contributed by atoms with van der Waals surface area (Å²) in [5.41, 5.74) is 1.26. The smallest absolute Gasteiger partial charge is 0.410 e. The van der Waals surface area contributed by atoms with Crippen LogP contribution in [0.5, 0.6) is 0 Å². The van der Waals surface area contributed by atoms with E-state index in [0.717, 1.165) is 11.1 Å². The Morgan fingerprint density at radius 3 is 2.68 bits per heavy atom. The average molecular weight is 283 g/mol. The average Bonchev–Trinajstić information content (AvgIpc) is 2.68. The van der Waals surface area contributed by atoms with Gasteiger partial charge < -0.3 is 14.7 Å². The first-order valence-electron chi connectivity index (χ1n) is 6.08. The molecule has 19 heavy (non-hydrogen) atoms. The minimum Gasteiger partial charge on any atom is -0.477 e. The van der Waals surface area contributed by atoms with Gasteiger partial charge in [-0.1, -0.05) is 0 Å². The van der Waals surface area contributed by atoms with E-state index in [9.17, 15) is 9.59 Å². The molecule has 1 aromatic rings. The van der Waals surface area contributed by atoms with Crippen LogP contribution in [-0.2, 0) is 17.7 Å². The molecular formula is C13H17NO4S. The van der Waals surface area contributed by atoms with Gasteiger partial charge in [0, 0.05) is 6.54 Å². The monoisotopic (exact) mass is 283 g/mol. The molecule has 2 heterocycles. The van der Waals surface area contributed by atoms with Gasteiger partial charge in [0.2, 0.25) is 0 Å². The first-order chi connectivity index (χ1) is 8.78. The fourth-order valence-corrected chi connectivity index (χ4v) is 2.97. The lowest BCUT2D eigenvalue weighted by molar-refractivity contribution is 0.0224. The predicted molar refractivity (Wildman–Crippen MR) is 71.6 cm³/mol. The summed E-state index contributed by atoms with van der Waals surface area (Å²) in [6, 6.07) is 0. The highest BCUT2D eigenvalue weighted by Gasteiger charge is 2.28. The molecule has 1 amide bonds. The maximum atomic E-state index is 12.0. The number of aromatic carboxylic acids is 1. The number of amides is 1. The Labute approximate surface area is 115 Å². The SMILES string of the molecule is CC(C)(C)OC(=O)N1CCc2c(csc2C(=O)O)C1. The van der Waals surface area contributed by atoms with Crippen LogP contribution in [0.15, 0.2) is 5.38 Å². The quantitative estimate of drug-likeness (QED) is 0.860. The lowest BCUT2D eigenvalue weighted by Crippen LogP contribution is -2.39. The molecule has 0 fully saturated rings. The van der Waals surface area contributed by atoms with Crippen molar-refractivity contribution in [3.63, 3.8) is 0 Å². The van der Waals surface area contributed by atoms with E-state index in [1.54, 1.807) is 4.90 Å². The first-order valence-corrected chi connectivity index (χ1v) is 6.96. The topological polar surface area (TPSA) is 66.8 Å². The van der Waals surface area contributed by atoms with Crippen molar-refractivity contribution in [1.29, 1.82) is 0 Å². The van der Waals surface area contributed by atoms with Crippen molar-refractivity contribution in [2.45, 2.75) is 39.3 Å². The van der Waals surface area contributed by atoms with E-state index in [4.69, 9.17) is 9.84 Å². The lowest BCUT2D eigenvalue weighted by atomic mass is 10.0. The molecular weight excluding hydrogens is 266 g/mol. The number of carboxylic acid groups (broad SMARTS) is 1. The van der Waals surface area contributed by atoms with Gasteiger partial charge in [-0.2, -0.15) is 0 Å². The number of fused-ring (bicyclic) bond motifs is 1. The molecule has 0 bridgehead atoms. The van der Waals surface area contributed by atoms with Crippen LogP contribution in [0.25, 0.3) is 0 Å². The highest BCUT2D eigenvalue weighted by atomic mass is 32.1. The third kappa shape index (κ3) is 3.07. The van der Waals surface area contributed by atoms with Crippen molar-refractivity contribution in [2.75, 3.05) is 6.54 Å². The summed E-state index contributed by atoms with van der Waals surface area (Å²) in [6.07, 6.45) is 0.223. The molecule has 0 atom stereocenters. The van der Waals surface area contributed by atoms with Crippen molar-refractivity contribution in [2.24, 2.45) is 0 Å². The number of carboxylic acids is 1. The molecule has 104 valence electrons. The summed E-state index contributed by atoms with van der Waals surface area (Å²) in [7, 11) is 0. The van der Waals surface area contributed by atoms with Crippen molar-refractivity contribution in [3.8, 4) is 0 Å². The Kier molecular flexibility index (Phi) is 3.54. The van der Waals surface area contributed by atoms with E-state index >= 15 is 0 Å². The van der Waals surface area contributed by atoms with Crippen LogP contribution in [0.2, 0.25) is 0 Å². The van der Waals surface area contributed by atoms with Gasteiger partial charge in [0.25, 0.3) is 0 Å². The van der Waals surface area contributed by atoms with Gasteiger partial charge in [0.15, 0.2) is 0 Å². The summed E-state index contributed by atoms with van der Waals surface area (Å²) < 4.78 is 5.32. The molecule has 0 radical (unpaired) electrons. The van der Waals surface area contributed by atoms with Crippen molar-refractivity contribution >= 4 is 23.4 Å². The Morgan fingerprint density at radius 2 is 2.11 bits per heavy atom. The van der Waals surface area contributed by atoms with Gasteiger partial charge in [-0.05, 0) is 43.7 Å². The highest BCUT2D eigenvalue weighted by molar-refractivity contribution is 7.12. The molecule has 1 aromatic heterocycles. The second-order valence-electron chi connectivity index (χ2n) is 5.53. The van der Waals surface area contributed by atoms with Crippen LogP contribution < -0.4 is 0 Å². The fourth-order valence-electron chi connectivity index (χ4n) is 2.02. The van der Waals surface area contributed by atoms with Crippen molar-refractivity contribution in [3.05, 3.63) is 21.4 Å². The lowest BCUT2D eigenvalue weighted by Gasteiger charge is -2.30. The molecule has 5 nitrogen and oxygen atoms in total. The molecule has 0 saturated heterocycles. The first kappa shape index (κ1) is 13.9. The Bertz CT molecular complexity index is 515. The Hall–Kier alpha value is -1.56. The number of ether oxygens (including phenoxy) is 1. The Balaban J connectivity index is 2.11. The molecule has 1 aliphatic rings. The molecule has 2 rings (SSSR count). The van der Waals surface area contributed by atoms with E-state index in [-0.39, 0.29) is 6.09 Å². The zero-order valence-electron chi connectivity index (χ0n) is 11.2.